The molecule has 8 atom stereocenters. The number of aryl methyl sites for hydroxylation is 4. The lowest BCUT2D eigenvalue weighted by Gasteiger charge is -2.34. The van der Waals surface area contributed by atoms with Gasteiger partial charge in [0.25, 0.3) is 0 Å². The summed E-state index contributed by atoms with van der Waals surface area (Å²) in [6.07, 6.45) is 23.3. The van der Waals surface area contributed by atoms with Crippen LogP contribution >= 0.6 is 23.2 Å². The molecule has 0 aliphatic carbocycles. The molecule has 12 aliphatic heterocycles. The van der Waals surface area contributed by atoms with E-state index >= 15 is 0 Å². The van der Waals surface area contributed by atoms with Gasteiger partial charge in [-0.05, 0) is 287 Å². The number of fused-ring (bicyclic) bond motifs is 4. The number of aromatic nitrogens is 4. The van der Waals surface area contributed by atoms with Crippen LogP contribution in [0.4, 0.5) is 23.3 Å². The number of piperidine rings is 4. The lowest BCUT2D eigenvalue weighted by atomic mass is 9.91. The van der Waals surface area contributed by atoms with E-state index in [1.54, 1.807) is 48.5 Å². The first-order chi connectivity index (χ1) is 70.8. The molecule has 146 heavy (non-hydrogen) atoms. The van der Waals surface area contributed by atoms with Gasteiger partial charge in [-0.2, -0.15) is 0 Å². The number of halogens is 2. The van der Waals surface area contributed by atoms with E-state index in [9.17, 15) is 58.8 Å². The third-order valence-corrected chi connectivity index (χ3v) is 32.4. The van der Waals surface area contributed by atoms with Crippen molar-refractivity contribution in [2.24, 2.45) is 47.3 Å². The Morgan fingerprint density at radius 3 is 0.767 bits per heavy atom. The second kappa shape index (κ2) is 50.0. The van der Waals surface area contributed by atoms with Crippen molar-refractivity contribution in [2.75, 3.05) is 152 Å². The van der Waals surface area contributed by atoms with Gasteiger partial charge in [0.15, 0.2) is 0 Å². The molecule has 0 saturated carbocycles. The number of hydrogen-bond donors (Lipinski definition) is 8. The average molecular weight is 2040 g/mol. The van der Waals surface area contributed by atoms with Gasteiger partial charge in [0.2, 0.25) is 23.6 Å². The largest absolute Gasteiger partial charge is 0.491 e. The van der Waals surface area contributed by atoms with Crippen LogP contribution in [0.1, 0.15) is 222 Å². The Kier molecular flexibility index (Phi) is 36.2. The molecule has 0 spiro atoms. The highest BCUT2D eigenvalue weighted by Gasteiger charge is 2.46. The molecule has 12 aliphatic rings. The van der Waals surface area contributed by atoms with Crippen LogP contribution in [0.5, 0.6) is 11.5 Å². The number of pyridine rings is 4. The van der Waals surface area contributed by atoms with Gasteiger partial charge >= 0.3 is 23.9 Å². The third-order valence-electron chi connectivity index (χ3n) is 31.7. The summed E-state index contributed by atoms with van der Waals surface area (Å²) in [4.78, 5) is 137. The Morgan fingerprint density at radius 1 is 0.308 bits per heavy atom. The van der Waals surface area contributed by atoms with E-state index in [2.05, 4.69) is 69.8 Å². The Labute approximate surface area is 868 Å². The highest BCUT2D eigenvalue weighted by molar-refractivity contribution is 6.32. The number of benzene rings is 4. The maximum Gasteiger partial charge on any atom is 0.325 e. The van der Waals surface area contributed by atoms with Crippen molar-refractivity contribution in [3.8, 4) is 11.5 Å². The third kappa shape index (κ3) is 26.8. The zero-order chi connectivity index (χ0) is 102. The van der Waals surface area contributed by atoms with Crippen LogP contribution in [0.25, 0.3) is 0 Å². The summed E-state index contributed by atoms with van der Waals surface area (Å²) in [6, 6.07) is 43.0. The van der Waals surface area contributed by atoms with Crippen molar-refractivity contribution >= 4 is 94.0 Å². The van der Waals surface area contributed by atoms with Crippen molar-refractivity contribution in [1.82, 2.24) is 59.1 Å². The Bertz CT molecular complexity index is 5510. The molecule has 0 bridgehead atoms. The van der Waals surface area contributed by atoms with Gasteiger partial charge in [-0.25, -0.2) is 19.9 Å². The highest BCUT2D eigenvalue weighted by Crippen LogP contribution is 2.42. The van der Waals surface area contributed by atoms with Crippen LogP contribution in [0.2, 0.25) is 10.0 Å². The van der Waals surface area contributed by atoms with E-state index in [0.717, 1.165) is 253 Å². The topological polar surface area (TPSA) is 362 Å². The lowest BCUT2D eigenvalue weighted by molar-refractivity contribution is -0.144. The SMILES string of the molecule is CC(C)Oc1ccccc1[C@@H](C(=O)O)N1CC[C@@H](C(=O)N2CCC(Cc3ccc4c(n3)NCCC4)CC2)C1.CC(C)Oc1ccccc1[C@H](C(=O)O)N1CC[C@@H](C(=O)N2CCC(Cc3ccc4c(n3)NCCC4)CC2)C1.O=C(O)[C@@H](c1ccccc1Cl)N1CC[C@@H](C(=O)N2CCC(Cc3ccc4c(n3)NCCC4)CC2)C1.O=C(O)[C@H](c1ccccc1Cl)N1CC[C@@H](C(=O)N2CCC(Cc3ccc4c(n3)NCCC4)CC2)C1. The fraction of sp³-hybridized carbons (Fsp3) is 0.544. The molecule has 4 amide bonds. The van der Waals surface area contributed by atoms with E-state index in [4.69, 9.17) is 52.6 Å². The predicted octanol–water partition coefficient (Wildman–Crippen LogP) is 16.4. The summed E-state index contributed by atoms with van der Waals surface area (Å²) in [5, 5.41) is 54.6. The number of carboxylic acid groups (broad SMARTS) is 4. The molecule has 16 heterocycles. The fourth-order valence-corrected chi connectivity index (χ4v) is 24.4. The quantitative estimate of drug-likeness (QED) is 0.0226. The number of carbonyl (C=O) groups excluding carboxylic acids is 4. The molecule has 0 unspecified atom stereocenters. The molecule has 32 heteroatoms. The predicted molar refractivity (Wildman–Crippen MR) is 564 cm³/mol. The van der Waals surface area contributed by atoms with Crippen LogP contribution in [0, 0.1) is 47.3 Å². The molecule has 30 nitrogen and oxygen atoms in total. The van der Waals surface area contributed by atoms with E-state index in [1.165, 1.54) is 22.3 Å². The number of ether oxygens (including phenoxy) is 2. The number of carboxylic acids is 4. The first-order valence-electron chi connectivity index (χ1n) is 53.7. The summed E-state index contributed by atoms with van der Waals surface area (Å²) in [5.41, 5.74) is 12.2. The van der Waals surface area contributed by atoms with Crippen LogP contribution < -0.4 is 30.7 Å². The number of hydrogen-bond acceptors (Lipinski definition) is 22. The van der Waals surface area contributed by atoms with Crippen LogP contribution in [0.15, 0.2) is 146 Å². The number of carbonyl (C=O) groups is 8. The molecular formula is C114H146Cl2N16O14. The minimum absolute atomic E-state index is 0.0545. The number of nitrogens with zero attached hydrogens (tertiary/aromatic N) is 12. The number of nitrogens with one attached hydrogen (secondary N) is 4. The normalized spacial score (nSPS) is 21.5. The first kappa shape index (κ1) is 106. The van der Waals surface area contributed by atoms with Crippen molar-refractivity contribution in [3.05, 3.63) is 223 Å². The Hall–Kier alpha value is -11.5. The van der Waals surface area contributed by atoms with Gasteiger partial charge in [0, 0.05) is 175 Å². The average Bonchev–Trinajstić information content (AvgIpc) is 1.53. The zero-order valence-corrected chi connectivity index (χ0v) is 86.6. The fourth-order valence-electron chi connectivity index (χ4n) is 23.9. The summed E-state index contributed by atoms with van der Waals surface area (Å²) in [6.45, 7) is 21.9. The molecule has 4 aromatic heterocycles. The zero-order valence-electron chi connectivity index (χ0n) is 85.0. The number of rotatable bonds is 28. The molecule has 8 fully saturated rings. The highest BCUT2D eigenvalue weighted by atomic mass is 35.5. The van der Waals surface area contributed by atoms with Gasteiger partial charge in [-0.3, -0.25) is 58.0 Å². The van der Waals surface area contributed by atoms with Gasteiger partial charge in [0.1, 0.15) is 58.9 Å². The Morgan fingerprint density at radius 2 is 0.534 bits per heavy atom. The van der Waals surface area contributed by atoms with Gasteiger partial charge < -0.3 is 70.8 Å². The minimum Gasteiger partial charge on any atom is -0.491 e. The molecule has 8 saturated heterocycles. The number of likely N-dealkylation sites (tertiary alicyclic amines) is 8. The molecule has 4 aromatic carbocycles. The van der Waals surface area contributed by atoms with Crippen molar-refractivity contribution in [3.63, 3.8) is 0 Å². The number of anilines is 4. The monoisotopic (exact) mass is 2030 g/mol. The Balaban J connectivity index is 0.000000133. The summed E-state index contributed by atoms with van der Waals surface area (Å²) in [5.74, 6) is 3.79. The molecule has 780 valence electrons. The number of para-hydroxylation sites is 2. The molecule has 0 radical (unpaired) electrons. The van der Waals surface area contributed by atoms with Crippen molar-refractivity contribution < 1.29 is 68.3 Å². The van der Waals surface area contributed by atoms with Gasteiger partial charge in [-0.15, -0.1) is 0 Å². The second-order valence-electron chi connectivity index (χ2n) is 42.6. The van der Waals surface area contributed by atoms with Crippen LogP contribution in [-0.4, -0.2) is 270 Å². The lowest BCUT2D eigenvalue weighted by Crippen LogP contribution is -2.43. The number of aliphatic carboxylic acids is 4. The maximum absolute atomic E-state index is 13.4. The van der Waals surface area contributed by atoms with E-state index in [-0.39, 0.29) is 59.5 Å². The first-order valence-corrected chi connectivity index (χ1v) is 54.4. The summed E-state index contributed by atoms with van der Waals surface area (Å²) >= 11 is 12.6. The summed E-state index contributed by atoms with van der Waals surface area (Å²) in [7, 11) is 0. The van der Waals surface area contributed by atoms with Crippen LogP contribution in [-0.2, 0) is 89.7 Å². The van der Waals surface area contributed by atoms with Gasteiger partial charge in [0.05, 0.1) is 35.9 Å². The molecule has 20 rings (SSSR count). The van der Waals surface area contributed by atoms with Crippen LogP contribution in [0.3, 0.4) is 0 Å². The minimum atomic E-state index is -0.932. The number of amides is 4. The smallest absolute Gasteiger partial charge is 0.325 e. The molecular weight excluding hydrogens is 1890 g/mol. The molecule has 8 N–H and O–H groups in total. The standard InChI is InChI=1S/2C30H40N4O4.2C27H33ClN4O3/c2*1-20(2)38-26-8-4-3-7-25(26)27(30(36)37)34-17-13-23(19-34)29(35)33-15-11-21(12-16-33)18-24-10-9-22-6-5-14-31-28(22)32-24;2*28-23-6-2-1-5-22(23)24(27(34)35)32-15-11-20(17-32)26(33)31-13-9-18(10-14-31)16-21-8-7-19-4-3-12-29-25(19)30-21/h2*3-4,7-10,20-21,23,27H,5-6,11-19H2,1-2H3,(H,31,32)(H,36,37);2*1-2,5-8,18,20,24H,3-4,9-17H2,(H,29,30)(H,34,35)/t23-,27+;23-,27-;20-,24+;20-,24-/m1111/s1. The van der Waals surface area contributed by atoms with E-state index in [0.29, 0.717) is 146 Å². The molecule has 8 aromatic rings. The van der Waals surface area contributed by atoms with Crippen molar-refractivity contribution in [1.29, 1.82) is 0 Å². The van der Waals surface area contributed by atoms with E-state index in [1.807, 2.05) is 115 Å². The van der Waals surface area contributed by atoms with E-state index < -0.39 is 48.0 Å². The van der Waals surface area contributed by atoms with Crippen molar-refractivity contribution in [2.45, 2.75) is 218 Å². The maximum atomic E-state index is 13.4. The second-order valence-corrected chi connectivity index (χ2v) is 43.4. The van der Waals surface area contributed by atoms with Gasteiger partial charge in [-0.1, -0.05) is 120 Å². The summed E-state index contributed by atoms with van der Waals surface area (Å²) < 4.78 is 11.8.